The Morgan fingerprint density at radius 2 is 2.29 bits per heavy atom. The molecular formula is C11H20N2O. The van der Waals surface area contributed by atoms with E-state index < -0.39 is 0 Å². The Morgan fingerprint density at radius 1 is 1.43 bits per heavy atom. The second-order valence-corrected chi connectivity index (χ2v) is 5.28. The van der Waals surface area contributed by atoms with Crippen molar-refractivity contribution in [1.29, 1.82) is 0 Å². The molecule has 3 aliphatic rings. The molecule has 2 N–H and O–H groups in total. The van der Waals surface area contributed by atoms with Crippen LogP contribution in [0.3, 0.4) is 0 Å². The Morgan fingerprint density at radius 3 is 2.86 bits per heavy atom. The molecule has 0 radical (unpaired) electrons. The fourth-order valence-electron chi connectivity index (χ4n) is 3.50. The van der Waals surface area contributed by atoms with Crippen LogP contribution in [0.5, 0.6) is 0 Å². The molecule has 0 bridgehead atoms. The lowest BCUT2D eigenvalue weighted by molar-refractivity contribution is -0.0609. The molecule has 0 unspecified atom stereocenters. The molecule has 2 heterocycles. The van der Waals surface area contributed by atoms with Gasteiger partial charge in [0.05, 0.1) is 19.3 Å². The summed E-state index contributed by atoms with van der Waals surface area (Å²) in [5.74, 6) is 0.882. The fourth-order valence-corrected chi connectivity index (χ4v) is 3.50. The van der Waals surface area contributed by atoms with Gasteiger partial charge in [0.1, 0.15) is 0 Å². The van der Waals surface area contributed by atoms with E-state index in [9.17, 15) is 0 Å². The van der Waals surface area contributed by atoms with E-state index in [0.717, 1.165) is 25.7 Å². The summed E-state index contributed by atoms with van der Waals surface area (Å²) in [5.41, 5.74) is 6.46. The third kappa shape index (κ3) is 1.16. The summed E-state index contributed by atoms with van der Waals surface area (Å²) in [7, 11) is 0. The summed E-state index contributed by atoms with van der Waals surface area (Å²) in [6.07, 6.45) is 4.16. The smallest absolute Gasteiger partial charge is 0.0645 e. The second-order valence-electron chi connectivity index (χ2n) is 5.28. The van der Waals surface area contributed by atoms with Crippen LogP contribution in [0.15, 0.2) is 0 Å². The van der Waals surface area contributed by atoms with Crippen molar-refractivity contribution in [3.63, 3.8) is 0 Å². The molecule has 3 fully saturated rings. The average Bonchev–Trinajstić information content (AvgIpc) is 2.57. The van der Waals surface area contributed by atoms with Crippen LogP contribution >= 0.6 is 0 Å². The average molecular weight is 196 g/mol. The maximum absolute atomic E-state index is 5.97. The molecule has 0 aromatic rings. The highest BCUT2D eigenvalue weighted by molar-refractivity contribution is 5.03. The molecule has 3 heteroatoms. The molecule has 2 saturated heterocycles. The summed E-state index contributed by atoms with van der Waals surface area (Å²) in [4.78, 5) is 2.63. The van der Waals surface area contributed by atoms with Crippen molar-refractivity contribution in [1.82, 2.24) is 4.90 Å². The first-order chi connectivity index (χ1) is 6.84. The van der Waals surface area contributed by atoms with Gasteiger partial charge in [0.15, 0.2) is 0 Å². The van der Waals surface area contributed by atoms with Crippen LogP contribution < -0.4 is 5.73 Å². The van der Waals surface area contributed by atoms with Crippen LogP contribution in [-0.4, -0.2) is 43.8 Å². The van der Waals surface area contributed by atoms with E-state index in [4.69, 9.17) is 10.5 Å². The van der Waals surface area contributed by atoms with Gasteiger partial charge in [0, 0.05) is 13.1 Å². The van der Waals surface area contributed by atoms with Crippen LogP contribution in [0.25, 0.3) is 0 Å². The Hall–Kier alpha value is -0.120. The largest absolute Gasteiger partial charge is 0.378 e. The molecule has 3 nitrogen and oxygen atoms in total. The summed E-state index contributed by atoms with van der Waals surface area (Å²) in [6, 6.07) is 0.712. The molecule has 80 valence electrons. The van der Waals surface area contributed by atoms with E-state index in [1.165, 1.54) is 32.4 Å². The lowest BCUT2D eigenvalue weighted by Crippen LogP contribution is -2.49. The zero-order chi connectivity index (χ0) is 9.60. The van der Waals surface area contributed by atoms with Crippen molar-refractivity contribution in [2.75, 3.05) is 32.8 Å². The summed E-state index contributed by atoms with van der Waals surface area (Å²) in [6.45, 7) is 5.32. The van der Waals surface area contributed by atoms with E-state index in [1.807, 2.05) is 0 Å². The zero-order valence-corrected chi connectivity index (χ0v) is 8.74. The van der Waals surface area contributed by atoms with E-state index >= 15 is 0 Å². The van der Waals surface area contributed by atoms with Gasteiger partial charge in [0.2, 0.25) is 0 Å². The van der Waals surface area contributed by atoms with Crippen molar-refractivity contribution in [3.8, 4) is 0 Å². The summed E-state index contributed by atoms with van der Waals surface area (Å²) >= 11 is 0. The molecule has 1 aliphatic carbocycles. The highest BCUT2D eigenvalue weighted by Gasteiger charge is 2.50. The van der Waals surface area contributed by atoms with Crippen LogP contribution in [0, 0.1) is 11.3 Å². The SMILES string of the molecule is NC[C@]12CCC[C@H]1CN(C1COC1)C2. The lowest BCUT2D eigenvalue weighted by Gasteiger charge is -2.36. The minimum atomic E-state index is 0.482. The number of nitrogens with two attached hydrogens (primary N) is 1. The number of rotatable bonds is 2. The summed E-state index contributed by atoms with van der Waals surface area (Å²) in [5, 5.41) is 0. The van der Waals surface area contributed by atoms with Gasteiger partial charge in [0.25, 0.3) is 0 Å². The van der Waals surface area contributed by atoms with Gasteiger partial charge >= 0.3 is 0 Å². The standard InChI is InChI=1S/C11H20N2O/c12-7-11-3-1-2-9(11)4-13(8-11)10-5-14-6-10/h9-10H,1-8,12H2/t9-,11-/m0/s1. The predicted octanol–water partition coefficient (Wildman–Crippen LogP) is 0.446. The van der Waals surface area contributed by atoms with Crippen LogP contribution in [0.1, 0.15) is 19.3 Å². The number of likely N-dealkylation sites (tertiary alicyclic amines) is 1. The van der Waals surface area contributed by atoms with Gasteiger partial charge in [-0.3, -0.25) is 4.90 Å². The number of nitrogens with zero attached hydrogens (tertiary/aromatic N) is 1. The Kier molecular flexibility index (Phi) is 2.08. The quantitative estimate of drug-likeness (QED) is 0.697. The molecule has 2 aliphatic heterocycles. The predicted molar refractivity (Wildman–Crippen MR) is 55.0 cm³/mol. The van der Waals surface area contributed by atoms with Gasteiger partial charge < -0.3 is 10.5 Å². The Bertz CT molecular complexity index is 229. The molecule has 14 heavy (non-hydrogen) atoms. The molecule has 1 saturated carbocycles. The van der Waals surface area contributed by atoms with Crippen LogP contribution in [-0.2, 0) is 4.74 Å². The molecular weight excluding hydrogens is 176 g/mol. The fraction of sp³-hybridized carbons (Fsp3) is 1.00. The normalized spacial score (nSPS) is 43.9. The highest BCUT2D eigenvalue weighted by Crippen LogP contribution is 2.48. The third-order valence-corrected chi connectivity index (χ3v) is 4.61. The summed E-state index contributed by atoms with van der Waals surface area (Å²) < 4.78 is 5.26. The zero-order valence-electron chi connectivity index (χ0n) is 8.74. The third-order valence-electron chi connectivity index (χ3n) is 4.61. The van der Waals surface area contributed by atoms with Crippen molar-refractivity contribution in [2.45, 2.75) is 25.3 Å². The molecule has 0 spiro atoms. The van der Waals surface area contributed by atoms with E-state index in [2.05, 4.69) is 4.90 Å². The van der Waals surface area contributed by atoms with Gasteiger partial charge in [-0.1, -0.05) is 6.42 Å². The molecule has 0 aromatic heterocycles. The monoisotopic (exact) mass is 196 g/mol. The van der Waals surface area contributed by atoms with Gasteiger partial charge in [-0.25, -0.2) is 0 Å². The number of fused-ring (bicyclic) bond motifs is 1. The molecule has 0 amide bonds. The number of ether oxygens (including phenoxy) is 1. The first-order valence-corrected chi connectivity index (χ1v) is 5.86. The first-order valence-electron chi connectivity index (χ1n) is 5.86. The van der Waals surface area contributed by atoms with E-state index in [1.54, 1.807) is 0 Å². The molecule has 2 atom stereocenters. The van der Waals surface area contributed by atoms with Crippen LogP contribution in [0.4, 0.5) is 0 Å². The van der Waals surface area contributed by atoms with Crippen LogP contribution in [0.2, 0.25) is 0 Å². The topological polar surface area (TPSA) is 38.5 Å². The minimum Gasteiger partial charge on any atom is -0.378 e. The van der Waals surface area contributed by atoms with E-state index in [-0.39, 0.29) is 0 Å². The van der Waals surface area contributed by atoms with Crippen molar-refractivity contribution >= 4 is 0 Å². The second kappa shape index (κ2) is 3.19. The number of hydrogen-bond acceptors (Lipinski definition) is 3. The highest BCUT2D eigenvalue weighted by atomic mass is 16.5. The first kappa shape index (κ1) is 9.13. The van der Waals surface area contributed by atoms with Gasteiger partial charge in [-0.15, -0.1) is 0 Å². The maximum Gasteiger partial charge on any atom is 0.0645 e. The lowest BCUT2D eigenvalue weighted by atomic mass is 9.81. The molecule has 0 aromatic carbocycles. The molecule has 3 rings (SSSR count). The minimum absolute atomic E-state index is 0.482. The Balaban J connectivity index is 1.72. The van der Waals surface area contributed by atoms with Gasteiger partial charge in [-0.05, 0) is 30.7 Å². The van der Waals surface area contributed by atoms with Gasteiger partial charge in [-0.2, -0.15) is 0 Å². The number of hydrogen-bond donors (Lipinski definition) is 1. The van der Waals surface area contributed by atoms with Crippen molar-refractivity contribution in [3.05, 3.63) is 0 Å². The van der Waals surface area contributed by atoms with E-state index in [0.29, 0.717) is 11.5 Å². The van der Waals surface area contributed by atoms with Crippen molar-refractivity contribution in [2.24, 2.45) is 17.1 Å². The Labute approximate surface area is 85.6 Å². The van der Waals surface area contributed by atoms with Crippen molar-refractivity contribution < 1.29 is 4.74 Å². The maximum atomic E-state index is 5.97.